The highest BCUT2D eigenvalue weighted by Gasteiger charge is 2.39. The predicted molar refractivity (Wildman–Crippen MR) is 121 cm³/mol. The molecule has 0 saturated carbocycles. The molecule has 1 saturated heterocycles. The number of nitrogens with zero attached hydrogens (tertiary/aromatic N) is 4. The predicted octanol–water partition coefficient (Wildman–Crippen LogP) is 3.29. The number of H-pyrrole nitrogens is 1. The molecule has 3 heterocycles. The first-order chi connectivity index (χ1) is 15.5. The van der Waals surface area contributed by atoms with Crippen LogP contribution in [0.3, 0.4) is 0 Å². The van der Waals surface area contributed by atoms with Gasteiger partial charge < -0.3 is 14.6 Å². The van der Waals surface area contributed by atoms with Crippen LogP contribution in [0.25, 0.3) is 10.9 Å². The number of tetrazole rings is 1. The minimum absolute atomic E-state index is 0.154. The molecular formula is C23H23ClN6O2. The van der Waals surface area contributed by atoms with Crippen LogP contribution in [0.1, 0.15) is 39.4 Å². The van der Waals surface area contributed by atoms with Crippen molar-refractivity contribution in [2.75, 3.05) is 13.2 Å². The maximum absolute atomic E-state index is 13.4. The van der Waals surface area contributed by atoms with Crippen molar-refractivity contribution in [3.05, 3.63) is 75.7 Å². The molecule has 1 unspecified atom stereocenters. The molecule has 4 aromatic rings. The highest BCUT2D eigenvalue weighted by atomic mass is 35.5. The lowest BCUT2D eigenvalue weighted by atomic mass is 9.88. The van der Waals surface area contributed by atoms with Gasteiger partial charge in [-0.25, -0.2) is 0 Å². The standard InChI is InChI=1S/C23H23ClN6O2/c1-14-3-8-18-17(21(14)24)12-19(30(18)2)22(31)25-23(9-10-32-13-23)16-6-4-15(5-7-16)11-20-26-28-29-27-20/h3-8,12H,9-11,13H2,1-2H3,(H,25,31)(H,26,27,28,29). The van der Waals surface area contributed by atoms with Gasteiger partial charge in [0.2, 0.25) is 0 Å². The molecule has 2 aromatic heterocycles. The SMILES string of the molecule is Cc1ccc2c(cc(C(=O)NC3(c4ccc(Cc5nn[nH]n5)cc4)CCOC3)n2C)c1Cl. The highest BCUT2D eigenvalue weighted by Crippen LogP contribution is 2.33. The van der Waals surface area contributed by atoms with E-state index in [1.54, 1.807) is 0 Å². The number of aromatic nitrogens is 5. The number of hydrogen-bond donors (Lipinski definition) is 2. The molecule has 5 rings (SSSR count). The molecule has 9 heteroatoms. The lowest BCUT2D eigenvalue weighted by molar-refractivity contribution is 0.0868. The molecule has 0 spiro atoms. The molecular weight excluding hydrogens is 428 g/mol. The van der Waals surface area contributed by atoms with E-state index in [1.165, 1.54) is 0 Å². The third kappa shape index (κ3) is 3.55. The van der Waals surface area contributed by atoms with Crippen LogP contribution in [0, 0.1) is 6.92 Å². The van der Waals surface area contributed by atoms with Gasteiger partial charge in [0.15, 0.2) is 5.82 Å². The summed E-state index contributed by atoms with van der Waals surface area (Å²) < 4.78 is 7.60. The lowest BCUT2D eigenvalue weighted by Crippen LogP contribution is -2.47. The van der Waals surface area contributed by atoms with Gasteiger partial charge in [-0.15, -0.1) is 10.2 Å². The number of rotatable bonds is 5. The molecule has 2 N–H and O–H groups in total. The molecule has 1 amide bonds. The van der Waals surface area contributed by atoms with E-state index < -0.39 is 5.54 Å². The number of halogens is 1. The van der Waals surface area contributed by atoms with Gasteiger partial charge in [0.1, 0.15) is 5.69 Å². The zero-order chi connectivity index (χ0) is 22.3. The Balaban J connectivity index is 1.43. The Morgan fingerprint density at radius 2 is 2.09 bits per heavy atom. The number of aryl methyl sites for hydroxylation is 2. The first kappa shape index (κ1) is 20.7. The fourth-order valence-electron chi connectivity index (χ4n) is 4.33. The van der Waals surface area contributed by atoms with E-state index in [4.69, 9.17) is 16.3 Å². The smallest absolute Gasteiger partial charge is 0.268 e. The summed E-state index contributed by atoms with van der Waals surface area (Å²) in [5.74, 6) is 0.480. The maximum Gasteiger partial charge on any atom is 0.268 e. The van der Waals surface area contributed by atoms with Crippen molar-refractivity contribution >= 4 is 28.4 Å². The zero-order valence-corrected chi connectivity index (χ0v) is 18.6. The zero-order valence-electron chi connectivity index (χ0n) is 17.9. The summed E-state index contributed by atoms with van der Waals surface area (Å²) in [4.78, 5) is 13.4. The molecule has 1 atom stereocenters. The Morgan fingerprint density at radius 3 is 2.78 bits per heavy atom. The van der Waals surface area contributed by atoms with Crippen LogP contribution in [0.5, 0.6) is 0 Å². The van der Waals surface area contributed by atoms with Gasteiger partial charge >= 0.3 is 0 Å². The Hall–Kier alpha value is -3.23. The van der Waals surface area contributed by atoms with E-state index in [2.05, 4.69) is 25.9 Å². The Labute approximate surface area is 189 Å². The summed E-state index contributed by atoms with van der Waals surface area (Å²) in [5.41, 5.74) is 3.96. The van der Waals surface area contributed by atoms with Crippen molar-refractivity contribution in [1.82, 2.24) is 30.5 Å². The number of hydrogen-bond acceptors (Lipinski definition) is 5. The van der Waals surface area contributed by atoms with Gasteiger partial charge in [-0.2, -0.15) is 5.21 Å². The highest BCUT2D eigenvalue weighted by molar-refractivity contribution is 6.36. The molecule has 32 heavy (non-hydrogen) atoms. The third-order valence-corrected chi connectivity index (χ3v) is 6.72. The van der Waals surface area contributed by atoms with Crippen molar-refractivity contribution in [3.8, 4) is 0 Å². The van der Waals surface area contributed by atoms with Crippen molar-refractivity contribution in [2.45, 2.75) is 25.3 Å². The van der Waals surface area contributed by atoms with Crippen LogP contribution in [0.2, 0.25) is 5.02 Å². The number of nitrogens with one attached hydrogen (secondary N) is 2. The number of fused-ring (bicyclic) bond motifs is 1. The van der Waals surface area contributed by atoms with Crippen LogP contribution in [-0.2, 0) is 23.7 Å². The number of carbonyl (C=O) groups excluding carboxylic acids is 1. The summed E-state index contributed by atoms with van der Waals surface area (Å²) >= 11 is 6.50. The second-order valence-electron chi connectivity index (χ2n) is 8.26. The summed E-state index contributed by atoms with van der Waals surface area (Å²) in [6.07, 6.45) is 1.29. The van der Waals surface area contributed by atoms with Gasteiger partial charge in [0.25, 0.3) is 5.91 Å². The van der Waals surface area contributed by atoms with Crippen molar-refractivity contribution in [2.24, 2.45) is 7.05 Å². The molecule has 1 aliphatic rings. The van der Waals surface area contributed by atoms with Crippen LogP contribution in [-0.4, -0.2) is 44.3 Å². The third-order valence-electron chi connectivity index (χ3n) is 6.22. The topological polar surface area (TPSA) is 97.7 Å². The van der Waals surface area contributed by atoms with Gasteiger partial charge in [-0.3, -0.25) is 4.79 Å². The quantitative estimate of drug-likeness (QED) is 0.486. The molecule has 0 bridgehead atoms. The first-order valence-corrected chi connectivity index (χ1v) is 10.8. The molecule has 0 aliphatic carbocycles. The number of carbonyl (C=O) groups is 1. The molecule has 1 aliphatic heterocycles. The van der Waals surface area contributed by atoms with Crippen molar-refractivity contribution < 1.29 is 9.53 Å². The monoisotopic (exact) mass is 450 g/mol. The van der Waals surface area contributed by atoms with Crippen LogP contribution in [0.15, 0.2) is 42.5 Å². The van der Waals surface area contributed by atoms with E-state index in [9.17, 15) is 4.79 Å². The van der Waals surface area contributed by atoms with Crippen LogP contribution >= 0.6 is 11.6 Å². The fourth-order valence-corrected chi connectivity index (χ4v) is 4.54. The van der Waals surface area contributed by atoms with Gasteiger partial charge in [-0.05, 0) is 35.7 Å². The summed E-state index contributed by atoms with van der Waals surface area (Å²) in [7, 11) is 1.88. The molecule has 2 aromatic carbocycles. The largest absolute Gasteiger partial charge is 0.379 e. The Kier molecular flexibility index (Phi) is 5.19. The van der Waals surface area contributed by atoms with Crippen LogP contribution < -0.4 is 5.32 Å². The van der Waals surface area contributed by atoms with E-state index in [-0.39, 0.29) is 5.91 Å². The number of ether oxygens (including phenoxy) is 1. The molecule has 0 radical (unpaired) electrons. The normalized spacial score (nSPS) is 18.3. The molecule has 8 nitrogen and oxygen atoms in total. The number of amides is 1. The van der Waals surface area contributed by atoms with E-state index in [1.807, 2.05) is 61.0 Å². The van der Waals surface area contributed by atoms with Crippen LogP contribution in [0.4, 0.5) is 0 Å². The minimum atomic E-state index is -0.585. The maximum atomic E-state index is 13.4. The summed E-state index contributed by atoms with van der Waals surface area (Å²) in [6, 6.07) is 13.9. The second kappa shape index (κ2) is 8.03. The lowest BCUT2D eigenvalue weighted by Gasteiger charge is -2.29. The first-order valence-electron chi connectivity index (χ1n) is 10.4. The Bertz CT molecular complexity index is 1270. The second-order valence-corrected chi connectivity index (χ2v) is 8.64. The Morgan fingerprint density at radius 1 is 1.28 bits per heavy atom. The number of aromatic amines is 1. The fraction of sp³-hybridized carbons (Fsp3) is 0.304. The minimum Gasteiger partial charge on any atom is -0.379 e. The van der Waals surface area contributed by atoms with Gasteiger partial charge in [-0.1, -0.05) is 47.1 Å². The van der Waals surface area contributed by atoms with Crippen molar-refractivity contribution in [1.29, 1.82) is 0 Å². The molecule has 164 valence electrons. The summed E-state index contributed by atoms with van der Waals surface area (Å²) in [6.45, 7) is 2.97. The summed E-state index contributed by atoms with van der Waals surface area (Å²) in [5, 5.41) is 18.9. The van der Waals surface area contributed by atoms with Gasteiger partial charge in [0.05, 0.1) is 17.2 Å². The average molecular weight is 451 g/mol. The molecule has 1 fully saturated rings. The number of benzene rings is 2. The van der Waals surface area contributed by atoms with Gasteiger partial charge in [0, 0.05) is 37.4 Å². The van der Waals surface area contributed by atoms with E-state index in [0.717, 1.165) is 27.6 Å². The van der Waals surface area contributed by atoms with Crippen molar-refractivity contribution in [3.63, 3.8) is 0 Å². The van der Waals surface area contributed by atoms with E-state index >= 15 is 0 Å². The average Bonchev–Trinajstić information content (AvgIpc) is 3.53. The van der Waals surface area contributed by atoms with E-state index in [0.29, 0.717) is 42.6 Å².